The summed E-state index contributed by atoms with van der Waals surface area (Å²) >= 11 is 0. The molecular formula is C22H19N5O3. The standard InChI is InChI=1S/C22H19N5O3/c1-13-7-12-17(18-19(13)30-27-20(18)23)21(28)24-15-8-10-16(11-9-15)26-22(29)25-14-5-3-2-4-6-14/h2-12H,1H3,(H2,23,27)(H,24,28)(H2,25,26,29). The lowest BCUT2D eigenvalue weighted by Crippen LogP contribution is -2.19. The van der Waals surface area contributed by atoms with Crippen molar-refractivity contribution in [2.24, 2.45) is 0 Å². The fraction of sp³-hybridized carbons (Fsp3) is 0.0455. The summed E-state index contributed by atoms with van der Waals surface area (Å²) in [6.45, 7) is 1.86. The number of fused-ring (bicyclic) bond motifs is 1. The first-order valence-corrected chi connectivity index (χ1v) is 9.20. The molecule has 0 fully saturated rings. The Bertz CT molecular complexity index is 1220. The Kier molecular flexibility index (Phi) is 5.04. The van der Waals surface area contributed by atoms with Crippen LogP contribution in [0.3, 0.4) is 0 Å². The summed E-state index contributed by atoms with van der Waals surface area (Å²) in [5.74, 6) is -0.166. The van der Waals surface area contributed by atoms with Gasteiger partial charge in [0.25, 0.3) is 5.91 Å². The number of nitrogens with one attached hydrogen (secondary N) is 3. The average molecular weight is 401 g/mol. The van der Waals surface area contributed by atoms with Gasteiger partial charge >= 0.3 is 6.03 Å². The lowest BCUT2D eigenvalue weighted by molar-refractivity contribution is 0.102. The summed E-state index contributed by atoms with van der Waals surface area (Å²) in [6.07, 6.45) is 0. The van der Waals surface area contributed by atoms with Crippen LogP contribution in [0.1, 0.15) is 15.9 Å². The molecular weight excluding hydrogens is 382 g/mol. The van der Waals surface area contributed by atoms with Gasteiger partial charge in [0.15, 0.2) is 11.4 Å². The van der Waals surface area contributed by atoms with Gasteiger partial charge in [0.2, 0.25) is 0 Å². The molecule has 0 bridgehead atoms. The maximum Gasteiger partial charge on any atom is 0.323 e. The van der Waals surface area contributed by atoms with Gasteiger partial charge in [-0.3, -0.25) is 4.79 Å². The van der Waals surface area contributed by atoms with Gasteiger partial charge in [-0.05, 0) is 55.0 Å². The summed E-state index contributed by atoms with van der Waals surface area (Å²) < 4.78 is 5.21. The number of nitrogens with two attached hydrogens (primary N) is 1. The highest BCUT2D eigenvalue weighted by Gasteiger charge is 2.18. The van der Waals surface area contributed by atoms with Crippen LogP contribution in [0.4, 0.5) is 27.7 Å². The van der Waals surface area contributed by atoms with Crippen molar-refractivity contribution >= 4 is 45.8 Å². The number of nitrogen functional groups attached to an aromatic ring is 1. The van der Waals surface area contributed by atoms with Crippen molar-refractivity contribution in [3.8, 4) is 0 Å². The number of benzene rings is 3. The SMILES string of the molecule is Cc1ccc(C(=O)Nc2ccc(NC(=O)Nc3ccccc3)cc2)c2c(N)noc12. The molecule has 4 rings (SSSR count). The molecule has 0 aliphatic heterocycles. The molecule has 0 atom stereocenters. The van der Waals surface area contributed by atoms with Crippen molar-refractivity contribution in [1.82, 2.24) is 5.16 Å². The van der Waals surface area contributed by atoms with Gasteiger partial charge in [-0.25, -0.2) is 4.79 Å². The zero-order valence-corrected chi connectivity index (χ0v) is 16.1. The third-order valence-corrected chi connectivity index (χ3v) is 4.52. The predicted octanol–water partition coefficient (Wildman–Crippen LogP) is 4.61. The second-order valence-corrected chi connectivity index (χ2v) is 6.68. The normalized spacial score (nSPS) is 10.6. The maximum atomic E-state index is 12.7. The number of urea groups is 1. The minimum absolute atomic E-state index is 0.169. The van der Waals surface area contributed by atoms with E-state index < -0.39 is 0 Å². The summed E-state index contributed by atoms with van der Waals surface area (Å²) in [6, 6.07) is 19.0. The Morgan fingerprint density at radius 1 is 0.833 bits per heavy atom. The number of para-hydroxylation sites is 1. The van der Waals surface area contributed by atoms with E-state index in [9.17, 15) is 9.59 Å². The number of hydrogen-bond donors (Lipinski definition) is 4. The van der Waals surface area contributed by atoms with Crippen molar-refractivity contribution in [2.45, 2.75) is 6.92 Å². The molecule has 0 aliphatic carbocycles. The summed E-state index contributed by atoms with van der Waals surface area (Å²) in [7, 11) is 0. The minimum atomic E-state index is -0.358. The number of aryl methyl sites for hydroxylation is 1. The average Bonchev–Trinajstić information content (AvgIpc) is 3.13. The number of hydrogen-bond acceptors (Lipinski definition) is 5. The van der Waals surface area contributed by atoms with E-state index in [1.54, 1.807) is 48.5 Å². The molecule has 150 valence electrons. The second-order valence-electron chi connectivity index (χ2n) is 6.68. The van der Waals surface area contributed by atoms with Crippen LogP contribution in [-0.4, -0.2) is 17.1 Å². The van der Waals surface area contributed by atoms with E-state index in [0.717, 1.165) is 5.56 Å². The first-order valence-electron chi connectivity index (χ1n) is 9.20. The van der Waals surface area contributed by atoms with Gasteiger partial charge in [0, 0.05) is 17.1 Å². The molecule has 30 heavy (non-hydrogen) atoms. The van der Waals surface area contributed by atoms with E-state index in [2.05, 4.69) is 21.1 Å². The number of amides is 3. The van der Waals surface area contributed by atoms with E-state index in [1.165, 1.54) is 0 Å². The number of carbonyl (C=O) groups excluding carboxylic acids is 2. The number of anilines is 4. The van der Waals surface area contributed by atoms with E-state index in [1.807, 2.05) is 25.1 Å². The Hall–Kier alpha value is -4.33. The third kappa shape index (κ3) is 3.93. The molecule has 0 spiro atoms. The van der Waals surface area contributed by atoms with Crippen molar-refractivity contribution < 1.29 is 14.1 Å². The largest absolute Gasteiger partial charge is 0.380 e. The van der Waals surface area contributed by atoms with Crippen LogP contribution in [0.5, 0.6) is 0 Å². The number of aromatic nitrogens is 1. The van der Waals surface area contributed by atoms with Gasteiger partial charge in [-0.2, -0.15) is 0 Å². The van der Waals surface area contributed by atoms with Crippen molar-refractivity contribution in [2.75, 3.05) is 21.7 Å². The zero-order valence-electron chi connectivity index (χ0n) is 16.1. The molecule has 0 radical (unpaired) electrons. The topological polar surface area (TPSA) is 122 Å². The van der Waals surface area contributed by atoms with Crippen LogP contribution in [0.15, 0.2) is 71.3 Å². The summed E-state index contributed by atoms with van der Waals surface area (Å²) in [5, 5.41) is 12.5. The first-order chi connectivity index (χ1) is 14.5. The van der Waals surface area contributed by atoms with E-state index >= 15 is 0 Å². The molecule has 0 saturated carbocycles. The molecule has 0 unspecified atom stereocenters. The predicted molar refractivity (Wildman–Crippen MR) is 117 cm³/mol. The van der Waals surface area contributed by atoms with Crippen LogP contribution in [0.25, 0.3) is 11.0 Å². The molecule has 1 heterocycles. The van der Waals surface area contributed by atoms with E-state index in [0.29, 0.717) is 33.6 Å². The second kappa shape index (κ2) is 7.96. The molecule has 3 aromatic carbocycles. The molecule has 8 heteroatoms. The molecule has 5 N–H and O–H groups in total. The van der Waals surface area contributed by atoms with Crippen LogP contribution in [0, 0.1) is 6.92 Å². The molecule has 4 aromatic rings. The fourth-order valence-electron chi connectivity index (χ4n) is 3.04. The zero-order chi connectivity index (χ0) is 21.1. The van der Waals surface area contributed by atoms with Crippen LogP contribution in [0.2, 0.25) is 0 Å². The Balaban J connectivity index is 1.44. The van der Waals surface area contributed by atoms with Crippen LogP contribution < -0.4 is 21.7 Å². The Morgan fingerprint density at radius 3 is 2.10 bits per heavy atom. The van der Waals surface area contributed by atoms with Crippen molar-refractivity contribution in [3.63, 3.8) is 0 Å². The Labute approximate surface area is 172 Å². The lowest BCUT2D eigenvalue weighted by atomic mass is 10.1. The summed E-state index contributed by atoms with van der Waals surface area (Å²) in [4.78, 5) is 24.8. The van der Waals surface area contributed by atoms with Crippen LogP contribution >= 0.6 is 0 Å². The highest BCUT2D eigenvalue weighted by molar-refractivity contribution is 6.15. The monoisotopic (exact) mass is 401 g/mol. The van der Waals surface area contributed by atoms with Gasteiger partial charge in [0.05, 0.1) is 10.9 Å². The van der Waals surface area contributed by atoms with Crippen molar-refractivity contribution in [1.29, 1.82) is 0 Å². The van der Waals surface area contributed by atoms with Gasteiger partial charge < -0.3 is 26.2 Å². The van der Waals surface area contributed by atoms with Crippen molar-refractivity contribution in [3.05, 3.63) is 77.9 Å². The highest BCUT2D eigenvalue weighted by Crippen LogP contribution is 2.28. The molecule has 3 amide bonds. The number of nitrogens with zero attached hydrogens (tertiary/aromatic N) is 1. The molecule has 0 saturated heterocycles. The quantitative estimate of drug-likeness (QED) is 0.398. The lowest BCUT2D eigenvalue weighted by Gasteiger charge is -2.10. The van der Waals surface area contributed by atoms with Gasteiger partial charge in [-0.1, -0.05) is 29.4 Å². The summed E-state index contributed by atoms with van der Waals surface area (Å²) in [5.41, 5.74) is 9.42. The number of carbonyl (C=O) groups is 2. The van der Waals surface area contributed by atoms with Gasteiger partial charge in [0.1, 0.15) is 0 Å². The highest BCUT2D eigenvalue weighted by atomic mass is 16.5. The molecule has 1 aromatic heterocycles. The smallest absolute Gasteiger partial charge is 0.323 e. The minimum Gasteiger partial charge on any atom is -0.380 e. The maximum absolute atomic E-state index is 12.7. The first kappa shape index (κ1) is 19.0. The van der Waals surface area contributed by atoms with Crippen LogP contribution in [-0.2, 0) is 0 Å². The molecule has 8 nitrogen and oxygen atoms in total. The third-order valence-electron chi connectivity index (χ3n) is 4.52. The fourth-order valence-corrected chi connectivity index (χ4v) is 3.04. The number of rotatable bonds is 4. The Morgan fingerprint density at radius 2 is 1.43 bits per heavy atom. The molecule has 0 aliphatic rings. The van der Waals surface area contributed by atoms with Gasteiger partial charge in [-0.15, -0.1) is 0 Å². The van der Waals surface area contributed by atoms with E-state index in [4.69, 9.17) is 10.3 Å². The van der Waals surface area contributed by atoms with E-state index in [-0.39, 0.29) is 17.8 Å².